The molecule has 2 aromatic heterocycles. The molecule has 2 aromatic rings. The number of nitrogens with zero attached hydrogens (tertiary/aromatic N) is 4. The third-order valence-corrected chi connectivity index (χ3v) is 6.93. The summed E-state index contributed by atoms with van der Waals surface area (Å²) < 4.78 is 5.59. The molecule has 6 heteroatoms. The Bertz CT molecular complexity index is 885. The Kier molecular flexibility index (Phi) is 5.41. The Morgan fingerprint density at radius 1 is 1.03 bits per heavy atom. The number of pyridine rings is 2. The van der Waals surface area contributed by atoms with Crippen LogP contribution in [0.3, 0.4) is 0 Å². The number of fused-ring (bicyclic) bond motifs is 2. The number of hydrazine groups is 1. The summed E-state index contributed by atoms with van der Waals surface area (Å²) >= 11 is 0. The summed E-state index contributed by atoms with van der Waals surface area (Å²) in [7, 11) is 0. The van der Waals surface area contributed by atoms with Gasteiger partial charge in [-0.2, -0.15) is 0 Å². The molecule has 29 heavy (non-hydrogen) atoms. The molecular formula is C23H33N5O. The number of hydrogen-bond donors (Lipinski definition) is 1. The van der Waals surface area contributed by atoms with Crippen LogP contribution in [0.15, 0.2) is 6.07 Å². The number of rotatable bonds is 3. The number of piperazine rings is 1. The van der Waals surface area contributed by atoms with Gasteiger partial charge in [0.15, 0.2) is 0 Å². The van der Waals surface area contributed by atoms with Crippen molar-refractivity contribution in [3.63, 3.8) is 0 Å². The minimum atomic E-state index is 0.613. The lowest BCUT2D eigenvalue weighted by atomic mass is 10.0. The van der Waals surface area contributed by atoms with Gasteiger partial charge in [-0.3, -0.25) is 9.88 Å². The molecule has 0 bridgehead atoms. The standard InChI is InChI=1S/C23H33N5O/c1-16-14-21-23(24-17(16)2)22(19-6-4-3-5-7-20(19)25-21)26-28-11-9-27(10-12-28)18-8-13-29-15-18/h14,18H,3-13,15H2,1-2H3,(H,25,26). The van der Waals surface area contributed by atoms with Gasteiger partial charge in [0.05, 0.1) is 17.8 Å². The van der Waals surface area contributed by atoms with Gasteiger partial charge >= 0.3 is 0 Å². The van der Waals surface area contributed by atoms with Gasteiger partial charge in [-0.1, -0.05) is 6.42 Å². The molecule has 0 spiro atoms. The minimum absolute atomic E-state index is 0.613. The first kappa shape index (κ1) is 19.2. The Labute approximate surface area is 173 Å². The molecule has 6 nitrogen and oxygen atoms in total. The lowest BCUT2D eigenvalue weighted by Gasteiger charge is -2.38. The van der Waals surface area contributed by atoms with Gasteiger partial charge in [-0.05, 0) is 57.6 Å². The Balaban J connectivity index is 1.44. The number of anilines is 1. The third-order valence-electron chi connectivity index (χ3n) is 6.93. The maximum Gasteiger partial charge on any atom is 0.114 e. The molecule has 1 unspecified atom stereocenters. The number of nitrogens with one attached hydrogen (secondary N) is 1. The number of ether oxygens (including phenoxy) is 1. The van der Waals surface area contributed by atoms with Crippen LogP contribution < -0.4 is 5.43 Å². The van der Waals surface area contributed by atoms with Gasteiger partial charge in [0.25, 0.3) is 0 Å². The molecule has 5 rings (SSSR count). The molecule has 0 saturated carbocycles. The molecule has 1 aliphatic carbocycles. The van der Waals surface area contributed by atoms with Crippen molar-refractivity contribution in [2.45, 2.75) is 58.4 Å². The average Bonchev–Trinajstić information content (AvgIpc) is 3.16. The molecular weight excluding hydrogens is 362 g/mol. The Morgan fingerprint density at radius 3 is 2.66 bits per heavy atom. The molecule has 2 fully saturated rings. The maximum atomic E-state index is 5.59. The van der Waals surface area contributed by atoms with Crippen molar-refractivity contribution in [3.05, 3.63) is 28.6 Å². The van der Waals surface area contributed by atoms with E-state index in [4.69, 9.17) is 14.7 Å². The van der Waals surface area contributed by atoms with Gasteiger partial charge in [-0.25, -0.2) is 9.99 Å². The third kappa shape index (κ3) is 3.86. The summed E-state index contributed by atoms with van der Waals surface area (Å²) in [5.74, 6) is 0. The van der Waals surface area contributed by atoms with Gasteiger partial charge < -0.3 is 10.2 Å². The molecule has 3 aliphatic rings. The van der Waals surface area contributed by atoms with Gasteiger partial charge in [0, 0.05) is 55.8 Å². The van der Waals surface area contributed by atoms with Crippen LogP contribution in [0.5, 0.6) is 0 Å². The van der Waals surface area contributed by atoms with E-state index in [1.807, 2.05) is 0 Å². The maximum absolute atomic E-state index is 5.59. The first-order valence-corrected chi connectivity index (χ1v) is 11.3. The van der Waals surface area contributed by atoms with E-state index in [1.165, 1.54) is 48.2 Å². The second kappa shape index (κ2) is 8.17. The van der Waals surface area contributed by atoms with Crippen molar-refractivity contribution in [2.24, 2.45) is 0 Å². The van der Waals surface area contributed by atoms with Crippen LogP contribution >= 0.6 is 0 Å². The predicted octanol–water partition coefficient (Wildman–Crippen LogP) is 3.25. The zero-order valence-corrected chi connectivity index (χ0v) is 17.8. The van der Waals surface area contributed by atoms with E-state index in [-0.39, 0.29) is 0 Å². The largest absolute Gasteiger partial charge is 0.380 e. The summed E-state index contributed by atoms with van der Waals surface area (Å²) in [6.07, 6.45) is 7.15. The van der Waals surface area contributed by atoms with Crippen molar-refractivity contribution >= 4 is 16.7 Å². The second-order valence-corrected chi connectivity index (χ2v) is 8.88. The topological polar surface area (TPSA) is 53.5 Å². The van der Waals surface area contributed by atoms with E-state index in [9.17, 15) is 0 Å². The number of aromatic nitrogens is 2. The molecule has 4 heterocycles. The van der Waals surface area contributed by atoms with E-state index in [1.54, 1.807) is 0 Å². The zero-order chi connectivity index (χ0) is 19.8. The monoisotopic (exact) mass is 395 g/mol. The molecule has 2 aliphatic heterocycles. The van der Waals surface area contributed by atoms with Crippen LogP contribution in [-0.2, 0) is 17.6 Å². The smallest absolute Gasteiger partial charge is 0.114 e. The number of hydrogen-bond acceptors (Lipinski definition) is 6. The molecule has 0 amide bonds. The minimum Gasteiger partial charge on any atom is -0.380 e. The van der Waals surface area contributed by atoms with E-state index < -0.39 is 0 Å². The van der Waals surface area contributed by atoms with E-state index in [0.717, 1.165) is 69.0 Å². The van der Waals surface area contributed by atoms with Crippen LogP contribution in [-0.4, -0.2) is 65.3 Å². The Hall–Kier alpha value is -1.76. The molecule has 0 aromatic carbocycles. The van der Waals surface area contributed by atoms with Gasteiger partial charge in [0.2, 0.25) is 0 Å². The van der Waals surface area contributed by atoms with E-state index in [2.05, 4.69) is 35.2 Å². The first-order valence-electron chi connectivity index (χ1n) is 11.3. The summed E-state index contributed by atoms with van der Waals surface area (Å²) in [5.41, 5.74) is 12.1. The van der Waals surface area contributed by atoms with Crippen LogP contribution in [0.2, 0.25) is 0 Å². The van der Waals surface area contributed by atoms with Crippen LogP contribution in [0.4, 0.5) is 5.69 Å². The molecule has 0 radical (unpaired) electrons. The highest BCUT2D eigenvalue weighted by molar-refractivity contribution is 5.90. The highest BCUT2D eigenvalue weighted by atomic mass is 16.5. The average molecular weight is 396 g/mol. The van der Waals surface area contributed by atoms with Crippen molar-refractivity contribution in [1.29, 1.82) is 0 Å². The predicted molar refractivity (Wildman–Crippen MR) is 116 cm³/mol. The summed E-state index contributed by atoms with van der Waals surface area (Å²) in [6.45, 7) is 10.3. The van der Waals surface area contributed by atoms with Crippen LogP contribution in [0.25, 0.3) is 11.0 Å². The first-order chi connectivity index (χ1) is 14.2. The Morgan fingerprint density at radius 2 is 1.86 bits per heavy atom. The van der Waals surface area contributed by atoms with Crippen molar-refractivity contribution in [2.75, 3.05) is 44.8 Å². The normalized spacial score (nSPS) is 23.9. The SMILES string of the molecule is Cc1cc2nc3c(c(NN4CCN(C5CCOC5)CC4)c2nc1C)CCCCC3. The van der Waals surface area contributed by atoms with Crippen LogP contribution in [0, 0.1) is 13.8 Å². The zero-order valence-electron chi connectivity index (χ0n) is 17.8. The van der Waals surface area contributed by atoms with Gasteiger partial charge in [-0.15, -0.1) is 0 Å². The fourth-order valence-corrected chi connectivity index (χ4v) is 4.99. The molecule has 1 atom stereocenters. The van der Waals surface area contributed by atoms with Crippen molar-refractivity contribution < 1.29 is 4.74 Å². The lowest BCUT2D eigenvalue weighted by Crippen LogP contribution is -2.52. The molecule has 1 N–H and O–H groups in total. The lowest BCUT2D eigenvalue weighted by molar-refractivity contribution is 0.0958. The van der Waals surface area contributed by atoms with E-state index >= 15 is 0 Å². The van der Waals surface area contributed by atoms with Crippen LogP contribution in [0.1, 0.15) is 48.2 Å². The fraction of sp³-hybridized carbons (Fsp3) is 0.652. The molecule has 156 valence electrons. The van der Waals surface area contributed by atoms with E-state index in [0.29, 0.717) is 6.04 Å². The molecule has 2 saturated heterocycles. The highest BCUT2D eigenvalue weighted by Gasteiger charge is 2.28. The fourth-order valence-electron chi connectivity index (χ4n) is 4.99. The summed E-state index contributed by atoms with van der Waals surface area (Å²) in [6, 6.07) is 2.83. The number of aryl methyl sites for hydroxylation is 3. The van der Waals surface area contributed by atoms with Crippen molar-refractivity contribution in [3.8, 4) is 0 Å². The second-order valence-electron chi connectivity index (χ2n) is 8.88. The highest BCUT2D eigenvalue weighted by Crippen LogP contribution is 2.33. The summed E-state index contributed by atoms with van der Waals surface area (Å²) in [5, 5.41) is 2.39. The summed E-state index contributed by atoms with van der Waals surface area (Å²) in [4.78, 5) is 12.6. The van der Waals surface area contributed by atoms with Gasteiger partial charge in [0.1, 0.15) is 5.52 Å². The quantitative estimate of drug-likeness (QED) is 0.805. The van der Waals surface area contributed by atoms with Crippen molar-refractivity contribution in [1.82, 2.24) is 19.9 Å².